The topological polar surface area (TPSA) is 18.5 Å². The number of fused-ring (bicyclic) bond motifs is 1. The third-order valence-electron chi connectivity index (χ3n) is 2.64. The van der Waals surface area contributed by atoms with Gasteiger partial charge in [-0.25, -0.2) is 0 Å². The molecular formula is C12H13BrO2Si. The Morgan fingerprint density at radius 1 is 0.938 bits per heavy atom. The summed E-state index contributed by atoms with van der Waals surface area (Å²) in [5, 5.41) is 3.48. The Hall–Kier alpha value is -0.683. The minimum atomic E-state index is -2.43. The van der Waals surface area contributed by atoms with Crippen molar-refractivity contribution in [3.05, 3.63) is 42.5 Å². The van der Waals surface area contributed by atoms with E-state index in [0.717, 1.165) is 5.19 Å². The lowest BCUT2D eigenvalue weighted by atomic mass is 10.1. The first-order valence-corrected chi connectivity index (χ1v) is 9.06. The summed E-state index contributed by atoms with van der Waals surface area (Å²) in [6.07, 6.45) is 0. The van der Waals surface area contributed by atoms with Crippen LogP contribution in [0.4, 0.5) is 0 Å². The van der Waals surface area contributed by atoms with Gasteiger partial charge in [-0.2, -0.15) is 0 Å². The quantitative estimate of drug-likeness (QED) is 0.640. The number of hydrogen-bond donors (Lipinski definition) is 0. The van der Waals surface area contributed by atoms with Crippen molar-refractivity contribution in [3.63, 3.8) is 0 Å². The Balaban J connectivity index is 2.69. The lowest BCUT2D eigenvalue weighted by molar-refractivity contribution is 0.285. The van der Waals surface area contributed by atoms with Crippen LogP contribution in [0.25, 0.3) is 10.8 Å². The van der Waals surface area contributed by atoms with Gasteiger partial charge in [0, 0.05) is 19.4 Å². The van der Waals surface area contributed by atoms with Gasteiger partial charge in [-0.1, -0.05) is 57.8 Å². The minimum Gasteiger partial charge on any atom is -0.386 e. The van der Waals surface area contributed by atoms with E-state index in [1.54, 1.807) is 14.2 Å². The van der Waals surface area contributed by atoms with Crippen molar-refractivity contribution >= 4 is 38.4 Å². The van der Waals surface area contributed by atoms with E-state index in [-0.39, 0.29) is 0 Å². The van der Waals surface area contributed by atoms with Crippen molar-refractivity contribution in [3.8, 4) is 0 Å². The van der Waals surface area contributed by atoms with Gasteiger partial charge in [0.2, 0.25) is 0 Å². The van der Waals surface area contributed by atoms with E-state index >= 15 is 0 Å². The zero-order valence-electron chi connectivity index (χ0n) is 9.24. The zero-order valence-corrected chi connectivity index (χ0v) is 11.8. The SMILES string of the molecule is CO[Si](Br)(OC)c1cccc2ccccc12. The van der Waals surface area contributed by atoms with Gasteiger partial charge in [0.25, 0.3) is 0 Å². The summed E-state index contributed by atoms with van der Waals surface area (Å²) in [5.41, 5.74) is 0. The molecule has 0 radical (unpaired) electrons. The van der Waals surface area contributed by atoms with E-state index in [4.69, 9.17) is 8.85 Å². The summed E-state index contributed by atoms with van der Waals surface area (Å²) in [7, 11) is 0.920. The maximum Gasteiger partial charge on any atom is 0.449 e. The van der Waals surface area contributed by atoms with Crippen molar-refractivity contribution in [1.29, 1.82) is 0 Å². The molecule has 2 rings (SSSR count). The molecule has 0 bridgehead atoms. The van der Waals surface area contributed by atoms with Crippen LogP contribution in [0.15, 0.2) is 42.5 Å². The van der Waals surface area contributed by atoms with Crippen molar-refractivity contribution in [1.82, 2.24) is 0 Å². The lowest BCUT2D eigenvalue weighted by Gasteiger charge is -2.22. The summed E-state index contributed by atoms with van der Waals surface area (Å²) >= 11 is 3.61. The molecule has 0 unspecified atom stereocenters. The normalized spacial score (nSPS) is 11.9. The molecule has 0 aliphatic heterocycles. The standard InChI is InChI=1S/C12H13BrO2Si/c1-14-16(13,15-2)12-9-5-7-10-6-3-4-8-11(10)12/h3-9H,1-2H3. The van der Waals surface area contributed by atoms with Crippen LogP contribution in [0.2, 0.25) is 0 Å². The Kier molecular flexibility index (Phi) is 3.44. The fourth-order valence-corrected chi connectivity index (χ4v) is 4.28. The second-order valence-electron chi connectivity index (χ2n) is 3.47. The van der Waals surface area contributed by atoms with Gasteiger partial charge in [-0.15, -0.1) is 0 Å². The van der Waals surface area contributed by atoms with Crippen LogP contribution in [0.5, 0.6) is 0 Å². The number of hydrogen-bond acceptors (Lipinski definition) is 2. The van der Waals surface area contributed by atoms with Crippen molar-refractivity contribution in [2.75, 3.05) is 14.2 Å². The molecule has 0 fully saturated rings. The molecule has 2 aromatic carbocycles. The molecule has 0 heterocycles. The molecule has 0 atom stereocenters. The smallest absolute Gasteiger partial charge is 0.386 e. The predicted molar refractivity (Wildman–Crippen MR) is 72.3 cm³/mol. The van der Waals surface area contributed by atoms with E-state index < -0.39 is 7.18 Å². The van der Waals surface area contributed by atoms with E-state index in [0.29, 0.717) is 0 Å². The average Bonchev–Trinajstić information content (AvgIpc) is 2.37. The molecule has 2 aromatic rings. The zero-order chi connectivity index (χ0) is 11.6. The Morgan fingerprint density at radius 3 is 2.25 bits per heavy atom. The summed E-state index contributed by atoms with van der Waals surface area (Å²) in [6, 6.07) is 14.4. The highest BCUT2D eigenvalue weighted by Gasteiger charge is 2.36. The van der Waals surface area contributed by atoms with Crippen molar-refractivity contribution < 1.29 is 8.85 Å². The van der Waals surface area contributed by atoms with Gasteiger partial charge in [-0.05, 0) is 10.8 Å². The molecule has 0 aliphatic carbocycles. The van der Waals surface area contributed by atoms with E-state index in [2.05, 4.69) is 39.6 Å². The summed E-state index contributed by atoms with van der Waals surface area (Å²) in [4.78, 5) is 0. The minimum absolute atomic E-state index is 1.11. The molecule has 4 heteroatoms. The Labute approximate surface area is 104 Å². The van der Waals surface area contributed by atoms with Crippen LogP contribution in [-0.2, 0) is 8.85 Å². The fourth-order valence-electron chi connectivity index (χ4n) is 1.79. The van der Waals surface area contributed by atoms with E-state index in [9.17, 15) is 0 Å². The second-order valence-corrected chi connectivity index (χ2v) is 9.03. The first-order chi connectivity index (χ1) is 7.71. The number of benzene rings is 2. The molecule has 2 nitrogen and oxygen atoms in total. The summed E-state index contributed by atoms with van der Waals surface area (Å²) in [5.74, 6) is 0. The molecular weight excluding hydrogens is 284 g/mol. The van der Waals surface area contributed by atoms with Gasteiger partial charge in [0.15, 0.2) is 0 Å². The van der Waals surface area contributed by atoms with Gasteiger partial charge in [0.05, 0.1) is 0 Å². The molecule has 0 aliphatic rings. The second kappa shape index (κ2) is 4.67. The van der Waals surface area contributed by atoms with Crippen LogP contribution in [0.1, 0.15) is 0 Å². The molecule has 16 heavy (non-hydrogen) atoms. The van der Waals surface area contributed by atoms with Crippen LogP contribution < -0.4 is 5.19 Å². The Bertz CT molecular complexity index is 492. The molecule has 0 spiro atoms. The van der Waals surface area contributed by atoms with Crippen LogP contribution >= 0.6 is 15.3 Å². The van der Waals surface area contributed by atoms with Crippen LogP contribution in [0.3, 0.4) is 0 Å². The number of rotatable bonds is 3. The van der Waals surface area contributed by atoms with Gasteiger partial charge >= 0.3 is 7.18 Å². The van der Waals surface area contributed by atoms with E-state index in [1.807, 2.05) is 18.2 Å². The maximum absolute atomic E-state index is 5.51. The van der Waals surface area contributed by atoms with Gasteiger partial charge in [-0.3, -0.25) is 0 Å². The fraction of sp³-hybridized carbons (Fsp3) is 0.167. The molecule has 0 saturated heterocycles. The largest absolute Gasteiger partial charge is 0.449 e. The first-order valence-electron chi connectivity index (χ1n) is 4.99. The maximum atomic E-state index is 5.51. The predicted octanol–water partition coefficient (Wildman–Crippen LogP) is 2.67. The van der Waals surface area contributed by atoms with Gasteiger partial charge < -0.3 is 8.85 Å². The van der Waals surface area contributed by atoms with Crippen molar-refractivity contribution in [2.45, 2.75) is 0 Å². The first kappa shape index (κ1) is 11.8. The molecule has 84 valence electrons. The van der Waals surface area contributed by atoms with Crippen LogP contribution in [0, 0.1) is 0 Å². The molecule has 0 saturated carbocycles. The number of halogens is 1. The van der Waals surface area contributed by atoms with Crippen LogP contribution in [-0.4, -0.2) is 21.4 Å². The van der Waals surface area contributed by atoms with Gasteiger partial charge in [0.1, 0.15) is 0 Å². The monoisotopic (exact) mass is 296 g/mol. The average molecular weight is 297 g/mol. The summed E-state index contributed by atoms with van der Waals surface area (Å²) < 4.78 is 11.0. The highest BCUT2D eigenvalue weighted by molar-refractivity contribution is 9.26. The molecule has 0 amide bonds. The van der Waals surface area contributed by atoms with Crippen molar-refractivity contribution in [2.24, 2.45) is 0 Å². The Morgan fingerprint density at radius 2 is 1.56 bits per heavy atom. The highest BCUT2D eigenvalue weighted by atomic mass is 79.9. The van der Waals surface area contributed by atoms with E-state index in [1.165, 1.54) is 10.8 Å². The third-order valence-corrected chi connectivity index (χ3v) is 7.99. The third kappa shape index (κ3) is 1.93. The molecule has 0 aromatic heterocycles. The molecule has 0 N–H and O–H groups in total. The lowest BCUT2D eigenvalue weighted by Crippen LogP contribution is -2.46. The highest BCUT2D eigenvalue weighted by Crippen LogP contribution is 2.20. The summed E-state index contributed by atoms with van der Waals surface area (Å²) in [6.45, 7) is 0.